The molecule has 2 aliphatic rings. The summed E-state index contributed by atoms with van der Waals surface area (Å²) in [6, 6.07) is 30.2. The molecule has 2 aromatic heterocycles. The number of rotatable bonds is 6. The fraction of sp³-hybridized carbons (Fsp3) is 0.237. The molecule has 2 saturated heterocycles. The van der Waals surface area contributed by atoms with Gasteiger partial charge in [0.15, 0.2) is 5.43 Å². The van der Waals surface area contributed by atoms with Crippen LogP contribution < -0.4 is 10.7 Å². The van der Waals surface area contributed by atoms with E-state index in [1.165, 1.54) is 6.42 Å². The number of H-pyrrole nitrogens is 2. The van der Waals surface area contributed by atoms with E-state index in [4.69, 9.17) is 4.74 Å². The number of aromatic nitrogens is 3. The van der Waals surface area contributed by atoms with Crippen molar-refractivity contribution in [3.63, 3.8) is 0 Å². The number of benzene rings is 4. The third-order valence-corrected chi connectivity index (χ3v) is 9.37. The van der Waals surface area contributed by atoms with Crippen molar-refractivity contribution in [3.8, 4) is 22.4 Å². The molecule has 0 aliphatic carbocycles. The maximum Gasteiger partial charge on any atom is 0.410 e. The Morgan fingerprint density at radius 1 is 0.848 bits per heavy atom. The second-order valence-electron chi connectivity index (χ2n) is 12.3. The zero-order chi connectivity index (χ0) is 31.0. The smallest absolute Gasteiger partial charge is 0.410 e. The SMILES string of the molecule is O=C(OCc1ccccc1)N1CCCC1c1cc(=O)c2ccc(-c3ccc4cc(-c5cnc([C@@H]6CCCN6)[nH]5)ccc4c3)cc2[nH]1. The van der Waals surface area contributed by atoms with Gasteiger partial charge in [-0.05, 0) is 84.0 Å². The number of amides is 1. The number of ether oxygens (including phenoxy) is 1. The zero-order valence-electron chi connectivity index (χ0n) is 25.5. The number of aromatic amines is 2. The summed E-state index contributed by atoms with van der Waals surface area (Å²) < 4.78 is 5.64. The van der Waals surface area contributed by atoms with Crippen LogP contribution >= 0.6 is 0 Å². The number of nitrogens with one attached hydrogen (secondary N) is 3. The van der Waals surface area contributed by atoms with E-state index in [9.17, 15) is 9.59 Å². The molecule has 2 fully saturated rings. The largest absolute Gasteiger partial charge is 0.445 e. The predicted octanol–water partition coefficient (Wildman–Crippen LogP) is 7.64. The summed E-state index contributed by atoms with van der Waals surface area (Å²) in [6.07, 6.45) is 5.47. The van der Waals surface area contributed by atoms with Crippen LogP contribution in [0, 0.1) is 0 Å². The summed E-state index contributed by atoms with van der Waals surface area (Å²) in [7, 11) is 0. The molecule has 0 radical (unpaired) electrons. The van der Waals surface area contributed by atoms with Crippen LogP contribution in [0.15, 0.2) is 102 Å². The van der Waals surface area contributed by atoms with Gasteiger partial charge in [0.2, 0.25) is 0 Å². The van der Waals surface area contributed by atoms with Crippen LogP contribution in [-0.4, -0.2) is 39.0 Å². The molecule has 230 valence electrons. The monoisotopic (exact) mass is 609 g/mol. The minimum atomic E-state index is -0.362. The number of carbonyl (C=O) groups is 1. The average molecular weight is 610 g/mol. The van der Waals surface area contributed by atoms with Crippen molar-refractivity contribution < 1.29 is 9.53 Å². The Morgan fingerprint density at radius 3 is 2.46 bits per heavy atom. The number of pyridine rings is 1. The number of likely N-dealkylation sites (tertiary alicyclic amines) is 1. The van der Waals surface area contributed by atoms with Crippen LogP contribution in [0.1, 0.15) is 54.8 Å². The molecular formula is C38H35N5O3. The first-order chi connectivity index (χ1) is 22.6. The number of imidazole rings is 1. The van der Waals surface area contributed by atoms with Gasteiger partial charge in [0.1, 0.15) is 12.4 Å². The van der Waals surface area contributed by atoms with E-state index in [-0.39, 0.29) is 24.2 Å². The molecule has 3 N–H and O–H groups in total. The summed E-state index contributed by atoms with van der Waals surface area (Å²) in [5.74, 6) is 1.00. The Hall–Kier alpha value is -5.21. The summed E-state index contributed by atoms with van der Waals surface area (Å²) in [5.41, 5.74) is 6.59. The van der Waals surface area contributed by atoms with Crippen molar-refractivity contribution in [3.05, 3.63) is 124 Å². The van der Waals surface area contributed by atoms with Crippen LogP contribution in [0.4, 0.5) is 4.79 Å². The van der Waals surface area contributed by atoms with Crippen LogP contribution in [0.3, 0.4) is 0 Å². The summed E-state index contributed by atoms with van der Waals surface area (Å²) >= 11 is 0. The Kier molecular flexibility index (Phi) is 7.34. The molecule has 8 heteroatoms. The van der Waals surface area contributed by atoms with E-state index in [0.717, 1.165) is 81.6 Å². The second-order valence-corrected chi connectivity index (χ2v) is 12.3. The van der Waals surface area contributed by atoms with Crippen LogP contribution in [0.2, 0.25) is 0 Å². The van der Waals surface area contributed by atoms with Gasteiger partial charge in [0.25, 0.3) is 0 Å². The standard InChI is InChI=1S/C38H35N5O3/c44-36-21-33(35-9-5-17-43(35)38(45)46-23-24-6-2-1-3-7-24)41-32-20-28(14-15-30(32)36)26-10-11-27-19-29(13-12-25(27)18-26)34-22-40-37(42-34)31-8-4-16-39-31/h1-3,6-7,10-15,18-22,31,35,39H,4-5,8-9,16-17,23H2,(H,40,42)(H,41,44)/t31-,35?/m0/s1. The molecule has 0 spiro atoms. The number of hydrogen-bond donors (Lipinski definition) is 3. The topological polar surface area (TPSA) is 103 Å². The molecule has 4 heterocycles. The lowest BCUT2D eigenvalue weighted by Gasteiger charge is -2.24. The molecule has 2 atom stereocenters. The highest BCUT2D eigenvalue weighted by molar-refractivity contribution is 5.92. The third-order valence-electron chi connectivity index (χ3n) is 9.37. The quantitative estimate of drug-likeness (QED) is 0.180. The first-order valence-electron chi connectivity index (χ1n) is 16.1. The van der Waals surface area contributed by atoms with Crippen molar-refractivity contribution in [2.75, 3.05) is 13.1 Å². The molecule has 8 nitrogen and oxygen atoms in total. The minimum Gasteiger partial charge on any atom is -0.445 e. The van der Waals surface area contributed by atoms with Gasteiger partial charge in [0.05, 0.1) is 29.5 Å². The van der Waals surface area contributed by atoms with E-state index in [1.54, 1.807) is 11.0 Å². The first-order valence-corrected chi connectivity index (χ1v) is 16.1. The lowest BCUT2D eigenvalue weighted by atomic mass is 9.98. The Balaban J connectivity index is 1.04. The summed E-state index contributed by atoms with van der Waals surface area (Å²) in [5, 5.41) is 6.41. The summed E-state index contributed by atoms with van der Waals surface area (Å²) in [4.78, 5) is 39.7. The number of hydrogen-bond acceptors (Lipinski definition) is 5. The lowest BCUT2D eigenvalue weighted by molar-refractivity contribution is 0.0915. The Bertz CT molecular complexity index is 2110. The van der Waals surface area contributed by atoms with Crippen LogP contribution in [0.5, 0.6) is 0 Å². The molecule has 0 saturated carbocycles. The highest BCUT2D eigenvalue weighted by Crippen LogP contribution is 2.33. The average Bonchev–Trinajstić information content (AvgIpc) is 3.89. The van der Waals surface area contributed by atoms with Crippen molar-refractivity contribution in [1.82, 2.24) is 25.2 Å². The maximum atomic E-state index is 13.2. The van der Waals surface area contributed by atoms with E-state index < -0.39 is 0 Å². The molecule has 6 aromatic rings. The van der Waals surface area contributed by atoms with Gasteiger partial charge in [-0.25, -0.2) is 9.78 Å². The molecule has 0 bridgehead atoms. The maximum absolute atomic E-state index is 13.2. The van der Waals surface area contributed by atoms with Crippen molar-refractivity contribution >= 4 is 27.8 Å². The van der Waals surface area contributed by atoms with Crippen LogP contribution in [-0.2, 0) is 11.3 Å². The molecule has 46 heavy (non-hydrogen) atoms. The highest BCUT2D eigenvalue weighted by atomic mass is 16.6. The highest BCUT2D eigenvalue weighted by Gasteiger charge is 2.32. The van der Waals surface area contributed by atoms with Gasteiger partial charge in [-0.3, -0.25) is 9.69 Å². The van der Waals surface area contributed by atoms with E-state index in [0.29, 0.717) is 18.0 Å². The molecule has 8 rings (SSSR count). The number of nitrogens with zero attached hydrogens (tertiary/aromatic N) is 2. The minimum absolute atomic E-state index is 0.0588. The predicted molar refractivity (Wildman–Crippen MR) is 180 cm³/mol. The van der Waals surface area contributed by atoms with Gasteiger partial charge >= 0.3 is 6.09 Å². The van der Waals surface area contributed by atoms with Gasteiger partial charge in [-0.15, -0.1) is 0 Å². The molecule has 2 aliphatic heterocycles. The fourth-order valence-electron chi connectivity index (χ4n) is 6.91. The van der Waals surface area contributed by atoms with E-state index in [2.05, 4.69) is 56.7 Å². The molecule has 4 aromatic carbocycles. The van der Waals surface area contributed by atoms with Gasteiger partial charge in [-0.1, -0.05) is 60.7 Å². The molecule has 1 unspecified atom stereocenters. The normalized spacial score (nSPS) is 18.0. The second kappa shape index (κ2) is 11.9. The molecule has 1 amide bonds. The van der Waals surface area contributed by atoms with Gasteiger partial charge < -0.3 is 20.0 Å². The van der Waals surface area contributed by atoms with Crippen molar-refractivity contribution in [1.29, 1.82) is 0 Å². The van der Waals surface area contributed by atoms with Crippen molar-refractivity contribution in [2.45, 2.75) is 44.4 Å². The van der Waals surface area contributed by atoms with Crippen LogP contribution in [0.25, 0.3) is 44.1 Å². The zero-order valence-corrected chi connectivity index (χ0v) is 25.5. The van der Waals surface area contributed by atoms with Crippen molar-refractivity contribution in [2.24, 2.45) is 0 Å². The Morgan fingerprint density at radius 2 is 1.63 bits per heavy atom. The number of carbonyl (C=O) groups excluding carboxylic acids is 1. The van der Waals surface area contributed by atoms with E-state index in [1.807, 2.05) is 54.7 Å². The number of fused-ring (bicyclic) bond motifs is 2. The third kappa shape index (κ3) is 5.45. The summed E-state index contributed by atoms with van der Waals surface area (Å²) in [6.45, 7) is 1.85. The van der Waals surface area contributed by atoms with Gasteiger partial charge in [-0.2, -0.15) is 0 Å². The first kappa shape index (κ1) is 28.3. The fourth-order valence-corrected chi connectivity index (χ4v) is 6.91. The Labute approximate surface area is 266 Å². The van der Waals surface area contributed by atoms with E-state index >= 15 is 0 Å². The lowest BCUT2D eigenvalue weighted by Crippen LogP contribution is -2.32. The van der Waals surface area contributed by atoms with Gasteiger partial charge in [0, 0.05) is 29.3 Å². The molecular weight excluding hydrogens is 574 g/mol.